The summed E-state index contributed by atoms with van der Waals surface area (Å²) in [5, 5.41) is 0. The average Bonchev–Trinajstić information content (AvgIpc) is 2.49. The maximum Gasteiger partial charge on any atom is 0.0618 e. The molecule has 3 nitrogen and oxygen atoms in total. The Balaban J connectivity index is 2.54. The third kappa shape index (κ3) is 2.69. The summed E-state index contributed by atoms with van der Waals surface area (Å²) in [7, 11) is 3.56. The first kappa shape index (κ1) is 12.0. The molecular formula is C11H23NO2. The summed E-state index contributed by atoms with van der Waals surface area (Å²) in [6.07, 6.45) is 2.47. The van der Waals surface area contributed by atoms with Gasteiger partial charge < -0.3 is 9.47 Å². The molecule has 84 valence electrons. The standard InChI is InChI=1S/C11H23NO2/c1-9(2)12-10(7-13-3)5-6-11(12)8-14-4/h9-11H,5-8H2,1-4H3. The van der Waals surface area contributed by atoms with Gasteiger partial charge in [0.15, 0.2) is 0 Å². The Bertz CT molecular complexity index is 147. The number of ether oxygens (including phenoxy) is 2. The van der Waals surface area contributed by atoms with Crippen molar-refractivity contribution in [3.05, 3.63) is 0 Å². The highest BCUT2D eigenvalue weighted by molar-refractivity contribution is 4.89. The molecule has 14 heavy (non-hydrogen) atoms. The van der Waals surface area contributed by atoms with Crippen molar-refractivity contribution in [1.29, 1.82) is 0 Å². The number of rotatable bonds is 5. The zero-order valence-electron chi connectivity index (χ0n) is 9.82. The largest absolute Gasteiger partial charge is 0.383 e. The van der Waals surface area contributed by atoms with Crippen LogP contribution in [-0.2, 0) is 9.47 Å². The van der Waals surface area contributed by atoms with E-state index in [2.05, 4.69) is 18.7 Å². The molecule has 0 radical (unpaired) electrons. The molecule has 0 aromatic heterocycles. The molecule has 0 amide bonds. The fraction of sp³-hybridized carbons (Fsp3) is 1.00. The van der Waals surface area contributed by atoms with Gasteiger partial charge in [-0.15, -0.1) is 0 Å². The Morgan fingerprint density at radius 2 is 1.50 bits per heavy atom. The molecule has 1 aliphatic rings. The van der Waals surface area contributed by atoms with Crippen molar-refractivity contribution in [2.45, 2.75) is 44.8 Å². The Labute approximate surface area is 87.4 Å². The minimum Gasteiger partial charge on any atom is -0.383 e. The molecule has 0 saturated carbocycles. The van der Waals surface area contributed by atoms with Crippen LogP contribution in [0, 0.1) is 0 Å². The van der Waals surface area contributed by atoms with Gasteiger partial charge in [-0.1, -0.05) is 0 Å². The van der Waals surface area contributed by atoms with E-state index in [1.54, 1.807) is 14.2 Å². The van der Waals surface area contributed by atoms with Crippen LogP contribution in [0.4, 0.5) is 0 Å². The molecule has 0 aliphatic carbocycles. The SMILES string of the molecule is COCC1CCC(COC)N1C(C)C. The lowest BCUT2D eigenvalue weighted by Gasteiger charge is -2.33. The lowest BCUT2D eigenvalue weighted by Crippen LogP contribution is -2.44. The van der Waals surface area contributed by atoms with E-state index in [9.17, 15) is 0 Å². The van der Waals surface area contributed by atoms with E-state index in [0.29, 0.717) is 18.1 Å². The van der Waals surface area contributed by atoms with Crippen LogP contribution in [0.25, 0.3) is 0 Å². The van der Waals surface area contributed by atoms with E-state index in [0.717, 1.165) is 13.2 Å². The predicted octanol–water partition coefficient (Wildman–Crippen LogP) is 1.52. The highest BCUT2D eigenvalue weighted by Crippen LogP contribution is 2.26. The van der Waals surface area contributed by atoms with Crippen LogP contribution in [0.15, 0.2) is 0 Å². The highest BCUT2D eigenvalue weighted by Gasteiger charge is 2.34. The van der Waals surface area contributed by atoms with E-state index >= 15 is 0 Å². The van der Waals surface area contributed by atoms with Crippen molar-refractivity contribution in [1.82, 2.24) is 4.90 Å². The average molecular weight is 201 g/mol. The number of hydrogen-bond donors (Lipinski definition) is 0. The summed E-state index contributed by atoms with van der Waals surface area (Å²) < 4.78 is 10.5. The number of methoxy groups -OCH3 is 2. The Kier molecular flexibility index (Phi) is 4.85. The van der Waals surface area contributed by atoms with Crippen molar-refractivity contribution in [2.75, 3.05) is 27.4 Å². The van der Waals surface area contributed by atoms with Crippen LogP contribution < -0.4 is 0 Å². The van der Waals surface area contributed by atoms with Crippen LogP contribution in [0.5, 0.6) is 0 Å². The molecule has 3 heteroatoms. The topological polar surface area (TPSA) is 21.7 Å². The van der Waals surface area contributed by atoms with Gasteiger partial charge in [0.05, 0.1) is 13.2 Å². The van der Waals surface area contributed by atoms with Crippen LogP contribution in [0.3, 0.4) is 0 Å². The second-order valence-corrected chi connectivity index (χ2v) is 4.34. The van der Waals surface area contributed by atoms with Gasteiger partial charge in [0.2, 0.25) is 0 Å². The molecule has 2 atom stereocenters. The zero-order valence-corrected chi connectivity index (χ0v) is 9.82. The van der Waals surface area contributed by atoms with E-state index in [4.69, 9.17) is 9.47 Å². The fourth-order valence-electron chi connectivity index (χ4n) is 2.55. The lowest BCUT2D eigenvalue weighted by atomic mass is 10.2. The van der Waals surface area contributed by atoms with Gasteiger partial charge in [-0.25, -0.2) is 0 Å². The predicted molar refractivity (Wildman–Crippen MR) is 57.5 cm³/mol. The molecule has 0 bridgehead atoms. The monoisotopic (exact) mass is 201 g/mol. The van der Waals surface area contributed by atoms with Gasteiger partial charge in [0, 0.05) is 32.3 Å². The minimum absolute atomic E-state index is 0.581. The molecule has 1 heterocycles. The summed E-state index contributed by atoms with van der Waals surface area (Å²) in [5.74, 6) is 0. The summed E-state index contributed by atoms with van der Waals surface area (Å²) in [5.41, 5.74) is 0. The second-order valence-electron chi connectivity index (χ2n) is 4.34. The quantitative estimate of drug-likeness (QED) is 0.673. The molecule has 0 spiro atoms. The molecule has 1 aliphatic heterocycles. The zero-order chi connectivity index (χ0) is 10.6. The Morgan fingerprint density at radius 1 is 1.07 bits per heavy atom. The van der Waals surface area contributed by atoms with Crippen molar-refractivity contribution < 1.29 is 9.47 Å². The van der Waals surface area contributed by atoms with Gasteiger partial charge in [-0.05, 0) is 26.7 Å². The van der Waals surface area contributed by atoms with E-state index in [1.165, 1.54) is 12.8 Å². The molecular weight excluding hydrogens is 178 g/mol. The van der Waals surface area contributed by atoms with Crippen LogP contribution in [0.2, 0.25) is 0 Å². The summed E-state index contributed by atoms with van der Waals surface area (Å²) in [4.78, 5) is 2.53. The van der Waals surface area contributed by atoms with Crippen LogP contribution >= 0.6 is 0 Å². The van der Waals surface area contributed by atoms with Gasteiger partial charge in [0.1, 0.15) is 0 Å². The fourth-order valence-corrected chi connectivity index (χ4v) is 2.55. The first-order valence-electron chi connectivity index (χ1n) is 5.46. The van der Waals surface area contributed by atoms with Gasteiger partial charge in [0.25, 0.3) is 0 Å². The van der Waals surface area contributed by atoms with Crippen molar-refractivity contribution >= 4 is 0 Å². The molecule has 2 unspecified atom stereocenters. The van der Waals surface area contributed by atoms with Gasteiger partial charge >= 0.3 is 0 Å². The van der Waals surface area contributed by atoms with Gasteiger partial charge in [-0.3, -0.25) is 4.90 Å². The van der Waals surface area contributed by atoms with Crippen LogP contribution in [-0.4, -0.2) is 50.5 Å². The smallest absolute Gasteiger partial charge is 0.0618 e. The first-order chi connectivity index (χ1) is 6.70. The maximum absolute atomic E-state index is 5.25. The summed E-state index contributed by atoms with van der Waals surface area (Å²) in [6, 6.07) is 1.75. The van der Waals surface area contributed by atoms with E-state index < -0.39 is 0 Å². The summed E-state index contributed by atoms with van der Waals surface area (Å²) in [6.45, 7) is 6.18. The second kappa shape index (κ2) is 5.69. The van der Waals surface area contributed by atoms with Crippen molar-refractivity contribution in [2.24, 2.45) is 0 Å². The first-order valence-corrected chi connectivity index (χ1v) is 5.46. The molecule has 1 fully saturated rings. The molecule has 0 aromatic carbocycles. The van der Waals surface area contributed by atoms with E-state index in [1.807, 2.05) is 0 Å². The minimum atomic E-state index is 0.581. The summed E-state index contributed by atoms with van der Waals surface area (Å²) >= 11 is 0. The van der Waals surface area contributed by atoms with E-state index in [-0.39, 0.29) is 0 Å². The number of likely N-dealkylation sites (tertiary alicyclic amines) is 1. The number of nitrogens with zero attached hydrogens (tertiary/aromatic N) is 1. The third-order valence-electron chi connectivity index (χ3n) is 2.99. The van der Waals surface area contributed by atoms with Crippen molar-refractivity contribution in [3.63, 3.8) is 0 Å². The maximum atomic E-state index is 5.25. The molecule has 0 N–H and O–H groups in total. The number of hydrogen-bond acceptors (Lipinski definition) is 3. The van der Waals surface area contributed by atoms with Crippen LogP contribution in [0.1, 0.15) is 26.7 Å². The Hall–Kier alpha value is -0.120. The molecule has 0 aromatic rings. The molecule has 1 saturated heterocycles. The van der Waals surface area contributed by atoms with Gasteiger partial charge in [-0.2, -0.15) is 0 Å². The normalized spacial score (nSPS) is 28.9. The van der Waals surface area contributed by atoms with Crippen molar-refractivity contribution in [3.8, 4) is 0 Å². The third-order valence-corrected chi connectivity index (χ3v) is 2.99. The molecule has 1 rings (SSSR count). The highest BCUT2D eigenvalue weighted by atomic mass is 16.5. The Morgan fingerprint density at radius 3 is 1.79 bits per heavy atom. The lowest BCUT2D eigenvalue weighted by molar-refractivity contribution is 0.0436.